The van der Waals surface area contributed by atoms with Crippen molar-refractivity contribution in [1.82, 2.24) is 9.78 Å². The Hall–Kier alpha value is -1.82. The van der Waals surface area contributed by atoms with E-state index in [-0.39, 0.29) is 0 Å². The van der Waals surface area contributed by atoms with Crippen LogP contribution in [0.2, 0.25) is 0 Å². The molecule has 1 aromatic heterocycles. The molecular weight excluding hydrogens is 257 g/mol. The molecule has 1 N–H and O–H groups in total. The topological polar surface area (TPSA) is 38.0 Å². The van der Waals surface area contributed by atoms with Gasteiger partial charge in [-0.05, 0) is 30.7 Å². The molecule has 2 rings (SSSR count). The molecule has 0 amide bonds. The van der Waals surface area contributed by atoms with Crippen LogP contribution in [0.4, 0.5) is 13.2 Å². The Labute approximate surface area is 108 Å². The predicted octanol–water partition coefficient (Wildman–Crippen LogP) is 3.00. The number of hydrogen-bond donors (Lipinski definition) is 1. The van der Waals surface area contributed by atoms with Gasteiger partial charge in [0, 0.05) is 12.7 Å². The molecule has 0 saturated heterocycles. The van der Waals surface area contributed by atoms with Crippen molar-refractivity contribution in [1.29, 1.82) is 0 Å². The minimum absolute atomic E-state index is 0.406. The van der Waals surface area contributed by atoms with Crippen molar-refractivity contribution in [2.75, 3.05) is 0 Å². The average Bonchev–Trinajstić information content (AvgIpc) is 2.85. The van der Waals surface area contributed by atoms with Gasteiger partial charge >= 0.3 is 6.18 Å². The highest BCUT2D eigenvalue weighted by Gasteiger charge is 2.30. The summed E-state index contributed by atoms with van der Waals surface area (Å²) in [5, 5.41) is 14.2. The fraction of sp³-hybridized carbons (Fsp3) is 0.308. The van der Waals surface area contributed by atoms with Crippen LogP contribution in [0.5, 0.6) is 0 Å². The Morgan fingerprint density at radius 1 is 1.21 bits per heavy atom. The smallest absolute Gasteiger partial charge is 0.382 e. The summed E-state index contributed by atoms with van der Waals surface area (Å²) in [4.78, 5) is 0. The highest BCUT2D eigenvalue weighted by Crippen LogP contribution is 2.30. The lowest BCUT2D eigenvalue weighted by molar-refractivity contribution is -0.137. The lowest BCUT2D eigenvalue weighted by atomic mass is 10.0. The first-order chi connectivity index (χ1) is 8.93. The summed E-state index contributed by atoms with van der Waals surface area (Å²) in [5.74, 6) is 0. The fourth-order valence-corrected chi connectivity index (χ4v) is 1.86. The van der Waals surface area contributed by atoms with Gasteiger partial charge in [0.15, 0.2) is 0 Å². The molecule has 1 aromatic carbocycles. The third-order valence-electron chi connectivity index (χ3n) is 2.88. The van der Waals surface area contributed by atoms with Gasteiger partial charge in [0.05, 0.1) is 11.3 Å². The van der Waals surface area contributed by atoms with Crippen molar-refractivity contribution in [2.24, 2.45) is 0 Å². The zero-order chi connectivity index (χ0) is 14.0. The number of rotatable bonds is 3. The summed E-state index contributed by atoms with van der Waals surface area (Å²) in [6.07, 6.45) is -3.80. The van der Waals surface area contributed by atoms with E-state index in [1.165, 1.54) is 12.1 Å². The van der Waals surface area contributed by atoms with Crippen molar-refractivity contribution in [2.45, 2.75) is 25.7 Å². The van der Waals surface area contributed by atoms with Crippen LogP contribution in [-0.2, 0) is 12.7 Å². The van der Waals surface area contributed by atoms with E-state index in [4.69, 9.17) is 0 Å². The van der Waals surface area contributed by atoms with E-state index >= 15 is 0 Å². The largest absolute Gasteiger partial charge is 0.416 e. The predicted molar refractivity (Wildman–Crippen MR) is 63.4 cm³/mol. The number of halogens is 3. The van der Waals surface area contributed by atoms with Crippen molar-refractivity contribution in [3.05, 3.63) is 53.3 Å². The molecule has 102 valence electrons. The molecule has 1 heterocycles. The standard InChI is InChI=1S/C13H13F3N2O/c1-2-18-11(7-8-17-18)12(19)9-3-5-10(6-4-9)13(14,15)16/h3-8,12,19H,2H2,1H3. The number of aromatic nitrogens is 2. The minimum Gasteiger partial charge on any atom is -0.382 e. The SMILES string of the molecule is CCn1nccc1C(O)c1ccc(C(F)(F)F)cc1. The van der Waals surface area contributed by atoms with Crippen LogP contribution in [-0.4, -0.2) is 14.9 Å². The van der Waals surface area contributed by atoms with Gasteiger partial charge in [0.1, 0.15) is 6.10 Å². The van der Waals surface area contributed by atoms with Crippen LogP contribution in [0.15, 0.2) is 36.5 Å². The third-order valence-corrected chi connectivity index (χ3v) is 2.88. The second kappa shape index (κ2) is 5.05. The molecule has 1 atom stereocenters. The van der Waals surface area contributed by atoms with Crippen molar-refractivity contribution in [3.63, 3.8) is 0 Å². The van der Waals surface area contributed by atoms with Crippen LogP contribution in [0.25, 0.3) is 0 Å². The fourth-order valence-electron chi connectivity index (χ4n) is 1.86. The maximum Gasteiger partial charge on any atom is 0.416 e. The summed E-state index contributed by atoms with van der Waals surface area (Å²) in [6, 6.07) is 6.13. The number of aryl methyl sites for hydroxylation is 1. The Kier molecular flexibility index (Phi) is 3.61. The number of alkyl halides is 3. The first-order valence-corrected chi connectivity index (χ1v) is 5.80. The molecule has 3 nitrogen and oxygen atoms in total. The van der Waals surface area contributed by atoms with Crippen LogP contribution in [0, 0.1) is 0 Å². The summed E-state index contributed by atoms with van der Waals surface area (Å²) in [6.45, 7) is 2.45. The van der Waals surface area contributed by atoms with Gasteiger partial charge in [0.25, 0.3) is 0 Å². The molecule has 0 fully saturated rings. The quantitative estimate of drug-likeness (QED) is 0.931. The number of hydrogen-bond acceptors (Lipinski definition) is 2. The molecule has 1 unspecified atom stereocenters. The Bertz CT molecular complexity index is 546. The molecule has 0 radical (unpaired) electrons. The van der Waals surface area contributed by atoms with E-state index < -0.39 is 17.8 Å². The molecule has 0 aliphatic carbocycles. The summed E-state index contributed by atoms with van der Waals surface area (Å²) >= 11 is 0. The van der Waals surface area contributed by atoms with E-state index in [1.54, 1.807) is 16.9 Å². The molecule has 0 spiro atoms. The van der Waals surface area contributed by atoms with Crippen molar-refractivity contribution < 1.29 is 18.3 Å². The second-order valence-electron chi connectivity index (χ2n) is 4.09. The van der Waals surface area contributed by atoms with Crippen molar-refractivity contribution >= 4 is 0 Å². The zero-order valence-electron chi connectivity index (χ0n) is 10.2. The lowest BCUT2D eigenvalue weighted by Crippen LogP contribution is -2.10. The van der Waals surface area contributed by atoms with E-state index in [2.05, 4.69) is 5.10 Å². The molecule has 2 aromatic rings. The van der Waals surface area contributed by atoms with Gasteiger partial charge in [-0.2, -0.15) is 18.3 Å². The first-order valence-electron chi connectivity index (χ1n) is 5.80. The molecule has 0 bridgehead atoms. The second-order valence-corrected chi connectivity index (χ2v) is 4.09. The summed E-state index contributed by atoms with van der Waals surface area (Å²) in [5.41, 5.74) is 0.234. The van der Waals surface area contributed by atoms with E-state index in [0.29, 0.717) is 17.8 Å². The van der Waals surface area contributed by atoms with Crippen LogP contribution >= 0.6 is 0 Å². The molecule has 0 saturated carbocycles. The first kappa shape index (κ1) is 13.6. The third kappa shape index (κ3) is 2.78. The number of aliphatic hydroxyl groups is 1. The molecule has 6 heteroatoms. The maximum atomic E-state index is 12.4. The van der Waals surface area contributed by atoms with Gasteiger partial charge in [-0.3, -0.25) is 4.68 Å². The molecule has 0 aliphatic rings. The van der Waals surface area contributed by atoms with Gasteiger partial charge in [-0.1, -0.05) is 12.1 Å². The van der Waals surface area contributed by atoms with Gasteiger partial charge in [0.2, 0.25) is 0 Å². The van der Waals surface area contributed by atoms with Gasteiger partial charge in [-0.25, -0.2) is 0 Å². The Balaban J connectivity index is 2.28. The molecule has 19 heavy (non-hydrogen) atoms. The minimum atomic E-state index is -4.37. The van der Waals surface area contributed by atoms with Crippen LogP contribution < -0.4 is 0 Å². The zero-order valence-corrected chi connectivity index (χ0v) is 10.2. The van der Waals surface area contributed by atoms with Crippen LogP contribution in [0.3, 0.4) is 0 Å². The van der Waals surface area contributed by atoms with Crippen LogP contribution in [0.1, 0.15) is 29.8 Å². The summed E-state index contributed by atoms with van der Waals surface area (Å²) in [7, 11) is 0. The number of benzene rings is 1. The number of nitrogens with zero attached hydrogens (tertiary/aromatic N) is 2. The Morgan fingerprint density at radius 2 is 1.84 bits per heavy atom. The van der Waals surface area contributed by atoms with Gasteiger partial charge in [-0.15, -0.1) is 0 Å². The highest BCUT2D eigenvalue weighted by atomic mass is 19.4. The van der Waals surface area contributed by atoms with E-state index in [9.17, 15) is 18.3 Å². The normalized spacial score (nSPS) is 13.5. The average molecular weight is 270 g/mol. The van der Waals surface area contributed by atoms with Crippen molar-refractivity contribution in [3.8, 4) is 0 Å². The molecule has 0 aliphatic heterocycles. The van der Waals surface area contributed by atoms with E-state index in [1.807, 2.05) is 6.92 Å². The van der Waals surface area contributed by atoms with E-state index in [0.717, 1.165) is 12.1 Å². The maximum absolute atomic E-state index is 12.4. The lowest BCUT2D eigenvalue weighted by Gasteiger charge is -2.14. The number of aliphatic hydroxyl groups excluding tert-OH is 1. The monoisotopic (exact) mass is 270 g/mol. The Morgan fingerprint density at radius 3 is 2.37 bits per heavy atom. The molecular formula is C13H13F3N2O. The van der Waals surface area contributed by atoms with Gasteiger partial charge < -0.3 is 5.11 Å². The summed E-state index contributed by atoms with van der Waals surface area (Å²) < 4.78 is 38.9. The highest BCUT2D eigenvalue weighted by molar-refractivity contribution is 5.30.